The van der Waals surface area contributed by atoms with Gasteiger partial charge < -0.3 is 5.32 Å². The number of nitrogens with one attached hydrogen (secondary N) is 1. The standard InChI is InChI=1S/C17H22F3N/c1-13(2)11-21-12-16(8-3-4-9-16)14-6-5-7-15(10-14)17(18,19)20/h3-7,10,13,21H,8-9,11-12H2,1-2H3. The fourth-order valence-electron chi connectivity index (χ4n) is 2.81. The summed E-state index contributed by atoms with van der Waals surface area (Å²) >= 11 is 0. The predicted octanol–water partition coefficient (Wildman–Crippen LogP) is 4.54. The maximum Gasteiger partial charge on any atom is 0.416 e. The maximum absolute atomic E-state index is 12.9. The van der Waals surface area contributed by atoms with Gasteiger partial charge in [-0.2, -0.15) is 13.2 Å². The number of hydrogen-bond donors (Lipinski definition) is 1. The molecule has 1 aliphatic rings. The highest BCUT2D eigenvalue weighted by Crippen LogP contribution is 2.39. The Balaban J connectivity index is 2.22. The zero-order valence-corrected chi connectivity index (χ0v) is 12.5. The molecule has 0 spiro atoms. The molecule has 0 aliphatic heterocycles. The van der Waals surface area contributed by atoms with Gasteiger partial charge >= 0.3 is 6.18 Å². The molecule has 0 fully saturated rings. The second-order valence-electron chi connectivity index (χ2n) is 6.26. The average molecular weight is 297 g/mol. The minimum absolute atomic E-state index is 0.240. The van der Waals surface area contributed by atoms with Gasteiger partial charge in [-0.3, -0.25) is 0 Å². The summed E-state index contributed by atoms with van der Waals surface area (Å²) in [5.74, 6) is 0.526. The van der Waals surface area contributed by atoms with Crippen molar-refractivity contribution in [1.82, 2.24) is 5.32 Å². The largest absolute Gasteiger partial charge is 0.416 e. The first-order valence-electron chi connectivity index (χ1n) is 7.37. The van der Waals surface area contributed by atoms with E-state index in [1.54, 1.807) is 0 Å². The van der Waals surface area contributed by atoms with Gasteiger partial charge in [-0.25, -0.2) is 0 Å². The van der Waals surface area contributed by atoms with Crippen molar-refractivity contribution in [3.05, 3.63) is 47.5 Å². The molecule has 1 nitrogen and oxygen atoms in total. The Morgan fingerprint density at radius 2 is 1.86 bits per heavy atom. The fourth-order valence-corrected chi connectivity index (χ4v) is 2.81. The van der Waals surface area contributed by atoms with Crippen LogP contribution in [0.3, 0.4) is 0 Å². The Hall–Kier alpha value is -1.29. The number of allylic oxidation sites excluding steroid dienone is 2. The average Bonchev–Trinajstić information content (AvgIpc) is 2.87. The monoisotopic (exact) mass is 297 g/mol. The first-order valence-corrected chi connectivity index (χ1v) is 7.37. The number of rotatable bonds is 5. The molecule has 0 heterocycles. The highest BCUT2D eigenvalue weighted by molar-refractivity contribution is 5.35. The van der Waals surface area contributed by atoms with Gasteiger partial charge in [0.15, 0.2) is 0 Å². The molecule has 0 saturated heterocycles. The summed E-state index contributed by atoms with van der Waals surface area (Å²) in [5, 5.41) is 3.40. The van der Waals surface area contributed by atoms with Crippen molar-refractivity contribution in [2.45, 2.75) is 38.3 Å². The van der Waals surface area contributed by atoms with Crippen molar-refractivity contribution < 1.29 is 13.2 Å². The summed E-state index contributed by atoms with van der Waals surface area (Å²) in [6, 6.07) is 5.78. The van der Waals surface area contributed by atoms with E-state index in [2.05, 4.69) is 31.3 Å². The predicted molar refractivity (Wildman–Crippen MR) is 79.2 cm³/mol. The normalized spacial score (nSPS) is 17.6. The van der Waals surface area contributed by atoms with Crippen LogP contribution < -0.4 is 5.32 Å². The summed E-state index contributed by atoms with van der Waals surface area (Å²) in [4.78, 5) is 0. The Bertz CT molecular complexity index is 495. The van der Waals surface area contributed by atoms with Crippen molar-refractivity contribution in [2.24, 2.45) is 5.92 Å². The molecule has 1 aromatic carbocycles. The molecule has 2 rings (SSSR count). The number of alkyl halides is 3. The van der Waals surface area contributed by atoms with E-state index in [1.165, 1.54) is 12.1 Å². The van der Waals surface area contributed by atoms with Gasteiger partial charge in [0.1, 0.15) is 0 Å². The molecule has 0 amide bonds. The van der Waals surface area contributed by atoms with Crippen LogP contribution in [-0.4, -0.2) is 13.1 Å². The summed E-state index contributed by atoms with van der Waals surface area (Å²) in [5.41, 5.74) is -0.0235. The summed E-state index contributed by atoms with van der Waals surface area (Å²) in [7, 11) is 0. The molecular formula is C17H22F3N. The lowest BCUT2D eigenvalue weighted by molar-refractivity contribution is -0.137. The lowest BCUT2D eigenvalue weighted by Gasteiger charge is -2.31. The third-order valence-electron chi connectivity index (χ3n) is 4.00. The Kier molecular flexibility index (Phi) is 4.77. The van der Waals surface area contributed by atoms with Crippen LogP contribution in [0.15, 0.2) is 36.4 Å². The highest BCUT2D eigenvalue weighted by atomic mass is 19.4. The molecule has 1 N–H and O–H groups in total. The lowest BCUT2D eigenvalue weighted by Crippen LogP contribution is -2.37. The Morgan fingerprint density at radius 1 is 1.19 bits per heavy atom. The lowest BCUT2D eigenvalue weighted by atomic mass is 9.77. The summed E-state index contributed by atoms with van der Waals surface area (Å²) < 4.78 is 38.7. The molecule has 0 radical (unpaired) electrons. The van der Waals surface area contributed by atoms with Crippen LogP contribution in [0.2, 0.25) is 0 Å². The SMILES string of the molecule is CC(C)CNCC1(c2cccc(C(F)(F)F)c2)CC=CC1. The molecule has 1 aliphatic carbocycles. The Labute approximate surface area is 124 Å². The van der Waals surface area contributed by atoms with Crippen LogP contribution >= 0.6 is 0 Å². The van der Waals surface area contributed by atoms with E-state index >= 15 is 0 Å². The van der Waals surface area contributed by atoms with Crippen molar-refractivity contribution >= 4 is 0 Å². The number of halogens is 3. The van der Waals surface area contributed by atoms with Crippen LogP contribution in [0.25, 0.3) is 0 Å². The number of benzene rings is 1. The van der Waals surface area contributed by atoms with Crippen molar-refractivity contribution in [1.29, 1.82) is 0 Å². The van der Waals surface area contributed by atoms with E-state index in [0.29, 0.717) is 12.5 Å². The van der Waals surface area contributed by atoms with Crippen molar-refractivity contribution in [3.63, 3.8) is 0 Å². The second kappa shape index (κ2) is 6.22. The van der Waals surface area contributed by atoms with E-state index in [0.717, 1.165) is 31.0 Å². The van der Waals surface area contributed by atoms with Crippen molar-refractivity contribution in [2.75, 3.05) is 13.1 Å². The summed E-state index contributed by atoms with van der Waals surface area (Å²) in [6.07, 6.45) is 1.43. The molecule has 0 unspecified atom stereocenters. The summed E-state index contributed by atoms with van der Waals surface area (Å²) in [6.45, 7) is 5.83. The Morgan fingerprint density at radius 3 is 2.43 bits per heavy atom. The quantitative estimate of drug-likeness (QED) is 0.787. The molecule has 0 aromatic heterocycles. The molecular weight excluding hydrogens is 275 g/mol. The maximum atomic E-state index is 12.9. The minimum Gasteiger partial charge on any atom is -0.316 e. The van der Waals surface area contributed by atoms with Gasteiger partial charge in [0.25, 0.3) is 0 Å². The molecule has 1 aromatic rings. The molecule has 4 heteroatoms. The first-order chi connectivity index (χ1) is 9.83. The van der Waals surface area contributed by atoms with Crippen LogP contribution in [-0.2, 0) is 11.6 Å². The van der Waals surface area contributed by atoms with Crippen LogP contribution in [0.4, 0.5) is 13.2 Å². The zero-order chi connectivity index (χ0) is 15.5. The minimum atomic E-state index is -4.28. The molecule has 116 valence electrons. The van der Waals surface area contributed by atoms with E-state index in [9.17, 15) is 13.2 Å². The fraction of sp³-hybridized carbons (Fsp3) is 0.529. The van der Waals surface area contributed by atoms with Gasteiger partial charge in [0, 0.05) is 12.0 Å². The van der Waals surface area contributed by atoms with Gasteiger partial charge in [0.2, 0.25) is 0 Å². The third kappa shape index (κ3) is 3.88. The van der Waals surface area contributed by atoms with Gasteiger partial charge in [-0.1, -0.05) is 44.2 Å². The third-order valence-corrected chi connectivity index (χ3v) is 4.00. The zero-order valence-electron chi connectivity index (χ0n) is 12.5. The van der Waals surface area contributed by atoms with Crippen LogP contribution in [0.1, 0.15) is 37.8 Å². The van der Waals surface area contributed by atoms with E-state index in [4.69, 9.17) is 0 Å². The van der Waals surface area contributed by atoms with E-state index in [-0.39, 0.29) is 5.41 Å². The molecule has 0 saturated carbocycles. The molecule has 0 bridgehead atoms. The molecule has 21 heavy (non-hydrogen) atoms. The van der Waals surface area contributed by atoms with Gasteiger partial charge in [0.05, 0.1) is 5.56 Å². The van der Waals surface area contributed by atoms with Crippen molar-refractivity contribution in [3.8, 4) is 0 Å². The van der Waals surface area contributed by atoms with Crippen LogP contribution in [0, 0.1) is 5.92 Å². The van der Waals surface area contributed by atoms with E-state index in [1.807, 2.05) is 6.07 Å². The van der Waals surface area contributed by atoms with Gasteiger partial charge in [-0.05, 0) is 36.9 Å². The molecule has 0 atom stereocenters. The van der Waals surface area contributed by atoms with Gasteiger partial charge in [-0.15, -0.1) is 0 Å². The topological polar surface area (TPSA) is 12.0 Å². The second-order valence-corrected chi connectivity index (χ2v) is 6.26. The van der Waals surface area contributed by atoms with Crippen LogP contribution in [0.5, 0.6) is 0 Å². The highest BCUT2D eigenvalue weighted by Gasteiger charge is 2.36. The smallest absolute Gasteiger partial charge is 0.316 e. The number of hydrogen-bond acceptors (Lipinski definition) is 1. The van der Waals surface area contributed by atoms with E-state index < -0.39 is 11.7 Å². The first kappa shape index (κ1) is 16.1.